The van der Waals surface area contributed by atoms with Crippen molar-refractivity contribution >= 4 is 11.0 Å². The SMILES string of the molecule is CC(N)Cc1cc2c(C(F)(F)F)cccc2o1. The molecule has 1 atom stereocenters. The number of furan rings is 1. The Kier molecular flexibility index (Phi) is 2.87. The first-order valence-electron chi connectivity index (χ1n) is 5.22. The van der Waals surface area contributed by atoms with Crippen LogP contribution in [0, 0.1) is 0 Å². The van der Waals surface area contributed by atoms with Gasteiger partial charge in [0.2, 0.25) is 0 Å². The van der Waals surface area contributed by atoms with E-state index in [1.54, 1.807) is 6.92 Å². The van der Waals surface area contributed by atoms with Crippen molar-refractivity contribution in [3.8, 4) is 0 Å². The van der Waals surface area contributed by atoms with E-state index in [4.69, 9.17) is 10.2 Å². The molecule has 0 fully saturated rings. The van der Waals surface area contributed by atoms with E-state index in [2.05, 4.69) is 0 Å². The van der Waals surface area contributed by atoms with Gasteiger partial charge in [0.15, 0.2) is 0 Å². The van der Waals surface area contributed by atoms with Crippen molar-refractivity contribution in [1.82, 2.24) is 0 Å². The van der Waals surface area contributed by atoms with Crippen LogP contribution in [0.1, 0.15) is 18.2 Å². The van der Waals surface area contributed by atoms with Crippen molar-refractivity contribution in [2.45, 2.75) is 25.6 Å². The predicted molar refractivity (Wildman–Crippen MR) is 58.6 cm³/mol. The second-order valence-corrected chi connectivity index (χ2v) is 4.11. The molecular weight excluding hydrogens is 231 g/mol. The molecule has 17 heavy (non-hydrogen) atoms. The molecule has 0 amide bonds. The highest BCUT2D eigenvalue weighted by Crippen LogP contribution is 2.36. The number of benzene rings is 1. The highest BCUT2D eigenvalue weighted by Gasteiger charge is 2.33. The van der Waals surface area contributed by atoms with Crippen molar-refractivity contribution < 1.29 is 17.6 Å². The molecule has 0 aliphatic heterocycles. The van der Waals surface area contributed by atoms with Gasteiger partial charge in [-0.25, -0.2) is 0 Å². The van der Waals surface area contributed by atoms with Crippen LogP contribution in [0.15, 0.2) is 28.7 Å². The van der Waals surface area contributed by atoms with Gasteiger partial charge in [0.05, 0.1) is 5.56 Å². The Labute approximate surface area is 96.2 Å². The van der Waals surface area contributed by atoms with Gasteiger partial charge < -0.3 is 10.2 Å². The van der Waals surface area contributed by atoms with Crippen LogP contribution in [0.4, 0.5) is 13.2 Å². The maximum Gasteiger partial charge on any atom is 0.417 e. The zero-order chi connectivity index (χ0) is 12.6. The van der Waals surface area contributed by atoms with Crippen LogP contribution in [0.2, 0.25) is 0 Å². The summed E-state index contributed by atoms with van der Waals surface area (Å²) < 4.78 is 43.5. The Morgan fingerprint density at radius 2 is 2.06 bits per heavy atom. The number of nitrogens with two attached hydrogens (primary N) is 1. The average Bonchev–Trinajstić information content (AvgIpc) is 2.55. The summed E-state index contributed by atoms with van der Waals surface area (Å²) in [5.41, 5.74) is 5.16. The molecule has 5 heteroatoms. The van der Waals surface area contributed by atoms with Gasteiger partial charge in [-0.1, -0.05) is 6.07 Å². The molecule has 0 saturated carbocycles. The van der Waals surface area contributed by atoms with Gasteiger partial charge in [0.25, 0.3) is 0 Å². The molecular formula is C12H12F3NO. The van der Waals surface area contributed by atoms with Crippen molar-refractivity contribution in [3.05, 3.63) is 35.6 Å². The van der Waals surface area contributed by atoms with Gasteiger partial charge in [-0.15, -0.1) is 0 Å². The highest BCUT2D eigenvalue weighted by atomic mass is 19.4. The van der Waals surface area contributed by atoms with E-state index >= 15 is 0 Å². The monoisotopic (exact) mass is 243 g/mol. The van der Waals surface area contributed by atoms with Crippen LogP contribution in [0.3, 0.4) is 0 Å². The summed E-state index contributed by atoms with van der Waals surface area (Å²) in [5.74, 6) is 0.478. The summed E-state index contributed by atoms with van der Waals surface area (Å²) in [7, 11) is 0. The molecule has 0 aliphatic rings. The van der Waals surface area contributed by atoms with Gasteiger partial charge in [-0.2, -0.15) is 13.2 Å². The minimum atomic E-state index is -4.37. The molecule has 0 spiro atoms. The Bertz CT molecular complexity index is 528. The second kappa shape index (κ2) is 4.07. The summed E-state index contributed by atoms with van der Waals surface area (Å²) in [5, 5.41) is 0.0932. The van der Waals surface area contributed by atoms with Crippen LogP contribution in [0.25, 0.3) is 11.0 Å². The van der Waals surface area contributed by atoms with Crippen molar-refractivity contribution in [3.63, 3.8) is 0 Å². The first kappa shape index (κ1) is 12.0. The lowest BCUT2D eigenvalue weighted by Crippen LogP contribution is -2.17. The largest absolute Gasteiger partial charge is 0.461 e. The maximum absolute atomic E-state index is 12.7. The van der Waals surface area contributed by atoms with E-state index < -0.39 is 11.7 Å². The minimum absolute atomic E-state index is 0.0932. The summed E-state index contributed by atoms with van der Waals surface area (Å²) >= 11 is 0. The van der Waals surface area contributed by atoms with Gasteiger partial charge in [0.1, 0.15) is 11.3 Å². The van der Waals surface area contributed by atoms with E-state index in [0.29, 0.717) is 12.2 Å². The molecule has 2 nitrogen and oxygen atoms in total. The molecule has 0 radical (unpaired) electrons. The fourth-order valence-corrected chi connectivity index (χ4v) is 1.78. The lowest BCUT2D eigenvalue weighted by molar-refractivity contribution is -0.136. The molecule has 2 rings (SSSR count). The minimum Gasteiger partial charge on any atom is -0.461 e. The number of hydrogen-bond acceptors (Lipinski definition) is 2. The zero-order valence-electron chi connectivity index (χ0n) is 9.21. The Morgan fingerprint density at radius 3 is 2.65 bits per heavy atom. The number of hydrogen-bond donors (Lipinski definition) is 1. The van der Waals surface area contributed by atoms with E-state index in [1.165, 1.54) is 18.2 Å². The molecule has 1 aromatic heterocycles. The third-order valence-electron chi connectivity index (χ3n) is 2.44. The smallest absolute Gasteiger partial charge is 0.417 e. The average molecular weight is 243 g/mol. The van der Waals surface area contributed by atoms with Gasteiger partial charge in [0, 0.05) is 17.8 Å². The molecule has 1 aromatic carbocycles. The lowest BCUT2D eigenvalue weighted by Gasteiger charge is -2.06. The topological polar surface area (TPSA) is 39.2 Å². The summed E-state index contributed by atoms with van der Waals surface area (Å²) in [4.78, 5) is 0. The van der Waals surface area contributed by atoms with Crippen LogP contribution < -0.4 is 5.73 Å². The Hall–Kier alpha value is -1.49. The first-order valence-corrected chi connectivity index (χ1v) is 5.22. The standard InChI is InChI=1S/C12H12F3NO/c1-7(16)5-8-6-9-10(12(13,14)15)3-2-4-11(9)17-8/h2-4,6-7H,5,16H2,1H3. The van der Waals surface area contributed by atoms with Crippen LogP contribution in [-0.2, 0) is 12.6 Å². The molecule has 2 N–H and O–H groups in total. The van der Waals surface area contributed by atoms with Crippen molar-refractivity contribution in [2.24, 2.45) is 5.73 Å². The molecule has 0 saturated heterocycles. The predicted octanol–water partition coefficient (Wildman–Crippen LogP) is 3.34. The number of alkyl halides is 3. The highest BCUT2D eigenvalue weighted by molar-refractivity contribution is 5.82. The van der Waals surface area contributed by atoms with Crippen molar-refractivity contribution in [2.75, 3.05) is 0 Å². The molecule has 0 bridgehead atoms. The van der Waals surface area contributed by atoms with Crippen LogP contribution >= 0.6 is 0 Å². The third-order valence-corrected chi connectivity index (χ3v) is 2.44. The first-order chi connectivity index (χ1) is 7.88. The van der Waals surface area contributed by atoms with E-state index in [-0.39, 0.29) is 17.0 Å². The van der Waals surface area contributed by atoms with Gasteiger partial charge >= 0.3 is 6.18 Å². The van der Waals surface area contributed by atoms with Crippen LogP contribution in [0.5, 0.6) is 0 Å². The third kappa shape index (κ3) is 2.44. The summed E-state index contributed by atoms with van der Waals surface area (Å²) in [6.45, 7) is 1.78. The van der Waals surface area contributed by atoms with Gasteiger partial charge in [-0.3, -0.25) is 0 Å². The summed E-state index contributed by atoms with van der Waals surface area (Å²) in [6.07, 6.45) is -3.94. The van der Waals surface area contributed by atoms with E-state index in [9.17, 15) is 13.2 Å². The quantitative estimate of drug-likeness (QED) is 0.878. The van der Waals surface area contributed by atoms with E-state index in [1.807, 2.05) is 0 Å². The maximum atomic E-state index is 12.7. The fourth-order valence-electron chi connectivity index (χ4n) is 1.78. The molecule has 92 valence electrons. The Morgan fingerprint density at radius 1 is 1.35 bits per heavy atom. The molecule has 1 heterocycles. The normalized spacial score (nSPS) is 14.2. The second-order valence-electron chi connectivity index (χ2n) is 4.11. The van der Waals surface area contributed by atoms with Crippen LogP contribution in [-0.4, -0.2) is 6.04 Å². The summed E-state index contributed by atoms with van der Waals surface area (Å²) in [6, 6.07) is 5.18. The fraction of sp³-hybridized carbons (Fsp3) is 0.333. The van der Waals surface area contributed by atoms with Crippen molar-refractivity contribution in [1.29, 1.82) is 0 Å². The molecule has 2 aromatic rings. The van der Waals surface area contributed by atoms with E-state index in [0.717, 1.165) is 6.07 Å². The molecule has 0 aliphatic carbocycles. The molecule has 1 unspecified atom stereocenters. The zero-order valence-corrected chi connectivity index (χ0v) is 9.21. The lowest BCUT2D eigenvalue weighted by atomic mass is 10.1. The number of halogens is 3. The Balaban J connectivity index is 2.53. The van der Waals surface area contributed by atoms with Gasteiger partial charge in [-0.05, 0) is 25.1 Å². The number of fused-ring (bicyclic) bond motifs is 1. The number of rotatable bonds is 2.